The zero-order valence-electron chi connectivity index (χ0n) is 19.6. The molecule has 36 heavy (non-hydrogen) atoms. The van der Waals surface area contributed by atoms with E-state index in [-0.39, 0.29) is 11.3 Å². The van der Waals surface area contributed by atoms with Crippen molar-refractivity contribution in [2.45, 2.75) is 13.0 Å². The van der Waals surface area contributed by atoms with Crippen molar-refractivity contribution in [3.63, 3.8) is 0 Å². The fourth-order valence-corrected chi connectivity index (χ4v) is 5.33. The molecule has 0 N–H and O–H groups in total. The molecule has 1 aliphatic rings. The van der Waals surface area contributed by atoms with Gasteiger partial charge in [0.05, 0.1) is 53.1 Å². The number of aromatic nitrogens is 1. The number of rotatable bonds is 6. The number of esters is 1. The van der Waals surface area contributed by atoms with Gasteiger partial charge in [-0.1, -0.05) is 35.1 Å². The highest BCUT2D eigenvalue weighted by Gasteiger charge is 2.33. The molecule has 0 spiro atoms. The van der Waals surface area contributed by atoms with Crippen LogP contribution in [0.2, 0.25) is 5.02 Å². The fourth-order valence-electron chi connectivity index (χ4n) is 3.99. The average molecular weight is 530 g/mol. The Morgan fingerprint density at radius 3 is 2.61 bits per heavy atom. The van der Waals surface area contributed by atoms with E-state index in [1.807, 2.05) is 0 Å². The van der Waals surface area contributed by atoms with Crippen molar-refractivity contribution >= 4 is 40.7 Å². The third-order valence-electron chi connectivity index (χ3n) is 5.58. The van der Waals surface area contributed by atoms with E-state index < -0.39 is 22.5 Å². The van der Waals surface area contributed by atoms with Gasteiger partial charge < -0.3 is 14.2 Å². The summed E-state index contributed by atoms with van der Waals surface area (Å²) in [4.78, 5) is 42.0. The Balaban J connectivity index is 1.97. The smallest absolute Gasteiger partial charge is 0.338 e. The maximum absolute atomic E-state index is 13.6. The number of ether oxygens (including phenoxy) is 3. The first kappa shape index (κ1) is 25.1. The number of nitro benzene ring substituents is 1. The molecule has 0 amide bonds. The van der Waals surface area contributed by atoms with Gasteiger partial charge in [0.1, 0.15) is 0 Å². The second-order valence-electron chi connectivity index (χ2n) is 7.66. The molecule has 1 aromatic heterocycles. The van der Waals surface area contributed by atoms with Crippen molar-refractivity contribution in [3.05, 3.63) is 93.6 Å². The summed E-state index contributed by atoms with van der Waals surface area (Å²) in [6.45, 7) is 1.63. The molecule has 3 aromatic rings. The maximum atomic E-state index is 13.6. The van der Waals surface area contributed by atoms with Gasteiger partial charge in [0.2, 0.25) is 0 Å². The van der Waals surface area contributed by atoms with Crippen LogP contribution < -0.4 is 24.4 Å². The number of hydrogen-bond acceptors (Lipinski definition) is 9. The Morgan fingerprint density at radius 2 is 1.97 bits per heavy atom. The number of allylic oxidation sites excluding steroid dienone is 1. The molecule has 2 aromatic carbocycles. The predicted octanol–water partition coefficient (Wildman–Crippen LogP) is 2.99. The lowest BCUT2D eigenvalue weighted by atomic mass is 9.95. The van der Waals surface area contributed by atoms with Gasteiger partial charge in [-0.15, -0.1) is 0 Å². The van der Waals surface area contributed by atoms with Crippen molar-refractivity contribution in [2.24, 2.45) is 4.99 Å². The molecule has 0 bridgehead atoms. The minimum Gasteiger partial charge on any atom is -0.493 e. The van der Waals surface area contributed by atoms with Crippen molar-refractivity contribution in [2.75, 3.05) is 21.3 Å². The number of hydrogen-bond donors (Lipinski definition) is 0. The molecule has 1 atom stereocenters. The number of halogens is 1. The summed E-state index contributed by atoms with van der Waals surface area (Å²) < 4.78 is 17.2. The summed E-state index contributed by atoms with van der Waals surface area (Å²) in [6.07, 6.45) is 1.62. The Morgan fingerprint density at radius 1 is 1.22 bits per heavy atom. The minimum absolute atomic E-state index is 0.117. The van der Waals surface area contributed by atoms with Crippen molar-refractivity contribution in [1.82, 2.24) is 4.57 Å². The van der Waals surface area contributed by atoms with Crippen LogP contribution in [0, 0.1) is 10.1 Å². The number of carbonyl (C=O) groups is 1. The first-order chi connectivity index (χ1) is 17.2. The summed E-state index contributed by atoms with van der Waals surface area (Å²) in [6, 6.07) is 8.12. The van der Waals surface area contributed by atoms with Crippen LogP contribution in [-0.2, 0) is 9.53 Å². The third kappa shape index (κ3) is 4.38. The normalized spacial score (nSPS) is 15.2. The van der Waals surface area contributed by atoms with Gasteiger partial charge >= 0.3 is 5.97 Å². The molecule has 186 valence electrons. The Bertz CT molecular complexity index is 1610. The summed E-state index contributed by atoms with van der Waals surface area (Å²) in [7, 11) is 4.16. The predicted molar refractivity (Wildman–Crippen MR) is 133 cm³/mol. The first-order valence-electron chi connectivity index (χ1n) is 10.5. The van der Waals surface area contributed by atoms with Gasteiger partial charge in [0.25, 0.3) is 11.2 Å². The van der Waals surface area contributed by atoms with Gasteiger partial charge in [0, 0.05) is 12.1 Å². The molecule has 4 rings (SSSR count). The molecule has 2 heterocycles. The SMILES string of the molecule is COC(=O)C1=C(C)N=c2s/c(=C/c3cc(Cl)c(OC)c(OC)c3)c(=O)n2[C@H]1c1cccc([N+](=O)[O-])c1. The van der Waals surface area contributed by atoms with Crippen molar-refractivity contribution < 1.29 is 23.9 Å². The maximum Gasteiger partial charge on any atom is 0.338 e. The number of methoxy groups -OCH3 is 3. The number of thiazole rings is 1. The van der Waals surface area contributed by atoms with Gasteiger partial charge in [-0.25, -0.2) is 9.79 Å². The van der Waals surface area contributed by atoms with Crippen LogP contribution in [0.1, 0.15) is 24.1 Å². The van der Waals surface area contributed by atoms with Crippen LogP contribution in [0.25, 0.3) is 6.08 Å². The number of benzene rings is 2. The molecule has 0 fully saturated rings. The first-order valence-corrected chi connectivity index (χ1v) is 11.7. The van der Waals surface area contributed by atoms with Crippen molar-refractivity contribution in [3.8, 4) is 11.5 Å². The third-order valence-corrected chi connectivity index (χ3v) is 6.84. The molecule has 12 heteroatoms. The lowest BCUT2D eigenvalue weighted by Crippen LogP contribution is -2.39. The van der Waals surface area contributed by atoms with Gasteiger partial charge in [-0.2, -0.15) is 0 Å². The summed E-state index contributed by atoms with van der Waals surface area (Å²) in [5.74, 6) is 0.0674. The molecule has 0 aliphatic carbocycles. The molecule has 0 unspecified atom stereocenters. The quantitative estimate of drug-likeness (QED) is 0.273. The van der Waals surface area contributed by atoms with E-state index in [0.29, 0.717) is 42.7 Å². The van der Waals surface area contributed by atoms with Crippen LogP contribution in [-0.4, -0.2) is 36.8 Å². The Hall–Kier alpha value is -3.96. The highest BCUT2D eigenvalue weighted by molar-refractivity contribution is 7.07. The number of nitrogens with zero attached hydrogens (tertiary/aromatic N) is 3. The van der Waals surface area contributed by atoms with Crippen LogP contribution >= 0.6 is 22.9 Å². The molecule has 10 nitrogen and oxygen atoms in total. The molecular weight excluding hydrogens is 510 g/mol. The molecule has 1 aliphatic heterocycles. The van der Waals surface area contributed by atoms with Crippen LogP contribution in [0.5, 0.6) is 11.5 Å². The highest BCUT2D eigenvalue weighted by atomic mass is 35.5. The van der Waals surface area contributed by atoms with Crippen molar-refractivity contribution in [1.29, 1.82) is 0 Å². The van der Waals surface area contributed by atoms with Crippen LogP contribution in [0.15, 0.2) is 57.5 Å². The zero-order valence-corrected chi connectivity index (χ0v) is 21.2. The summed E-state index contributed by atoms with van der Waals surface area (Å²) in [5.41, 5.74) is 0.814. The van der Waals surface area contributed by atoms with E-state index >= 15 is 0 Å². The summed E-state index contributed by atoms with van der Waals surface area (Å²) in [5, 5.41) is 11.7. The molecular formula is C24H20ClN3O7S. The van der Waals surface area contributed by atoms with E-state index in [1.54, 1.807) is 31.2 Å². The standard InChI is InChI=1S/C24H20ClN3O7S/c1-12-19(23(30)35-4)20(14-6-5-7-15(11-14)28(31)32)27-22(29)18(36-24(27)26-12)10-13-8-16(25)21(34-3)17(9-13)33-2/h5-11,20H,1-4H3/b18-10+/t20-/m0/s1. The van der Waals surface area contributed by atoms with Crippen LogP contribution in [0.4, 0.5) is 5.69 Å². The topological polar surface area (TPSA) is 122 Å². The second-order valence-corrected chi connectivity index (χ2v) is 9.08. The summed E-state index contributed by atoms with van der Waals surface area (Å²) >= 11 is 7.43. The van der Waals surface area contributed by atoms with Crippen LogP contribution in [0.3, 0.4) is 0 Å². The Kier molecular flexibility index (Phi) is 6.95. The molecule has 0 radical (unpaired) electrons. The lowest BCUT2D eigenvalue weighted by molar-refractivity contribution is -0.384. The monoisotopic (exact) mass is 529 g/mol. The average Bonchev–Trinajstić information content (AvgIpc) is 3.16. The highest BCUT2D eigenvalue weighted by Crippen LogP contribution is 2.36. The largest absolute Gasteiger partial charge is 0.493 e. The van der Waals surface area contributed by atoms with Gasteiger partial charge in [-0.05, 0) is 36.3 Å². The van der Waals surface area contributed by atoms with Gasteiger partial charge in [0.15, 0.2) is 16.3 Å². The molecule has 0 saturated heterocycles. The lowest BCUT2D eigenvalue weighted by Gasteiger charge is -2.24. The Labute approximate surface area is 213 Å². The fraction of sp³-hybridized carbons (Fsp3) is 0.208. The minimum atomic E-state index is -0.968. The van der Waals surface area contributed by atoms with E-state index in [0.717, 1.165) is 11.3 Å². The number of fused-ring (bicyclic) bond motifs is 1. The number of non-ortho nitro benzene ring substituents is 1. The number of carbonyl (C=O) groups excluding carboxylic acids is 1. The van der Waals surface area contributed by atoms with E-state index in [1.165, 1.54) is 44.1 Å². The van der Waals surface area contributed by atoms with E-state index in [4.69, 9.17) is 25.8 Å². The molecule has 0 saturated carbocycles. The number of nitro groups is 1. The van der Waals surface area contributed by atoms with E-state index in [2.05, 4.69) is 4.99 Å². The van der Waals surface area contributed by atoms with Gasteiger partial charge in [-0.3, -0.25) is 19.5 Å². The zero-order chi connectivity index (χ0) is 26.1. The van der Waals surface area contributed by atoms with E-state index in [9.17, 15) is 19.7 Å². The second kappa shape index (κ2) is 9.96.